The fourth-order valence-corrected chi connectivity index (χ4v) is 0.642. The van der Waals surface area contributed by atoms with Crippen LogP contribution in [0.25, 0.3) is 0 Å². The van der Waals surface area contributed by atoms with Gasteiger partial charge in [-0.2, -0.15) is 0 Å². The zero-order valence-electron chi connectivity index (χ0n) is 7.33. The van der Waals surface area contributed by atoms with E-state index in [9.17, 15) is 9.59 Å². The van der Waals surface area contributed by atoms with Crippen LogP contribution >= 0.6 is 0 Å². The molecule has 0 aromatic carbocycles. The lowest BCUT2D eigenvalue weighted by atomic mass is 10.5. The Hall–Kier alpha value is -1.26. The van der Waals surface area contributed by atoms with Crippen LogP contribution in [-0.4, -0.2) is 42.1 Å². The number of hydrogen-bond acceptors (Lipinski definition) is 2. The van der Waals surface area contributed by atoms with Crippen LogP contribution in [0.2, 0.25) is 0 Å². The molecule has 0 fully saturated rings. The number of aliphatic carboxylic acids is 1. The molecule has 2 N–H and O–H groups in total. The van der Waals surface area contributed by atoms with Gasteiger partial charge in [0.2, 0.25) is 0 Å². The highest BCUT2D eigenvalue weighted by atomic mass is 16.4. The summed E-state index contributed by atoms with van der Waals surface area (Å²) in [6.45, 7) is 2.23. The number of nitrogens with zero attached hydrogens (tertiary/aromatic N) is 1. The number of carbonyl (C=O) groups is 2. The van der Waals surface area contributed by atoms with E-state index >= 15 is 0 Å². The Morgan fingerprint density at radius 2 is 2.08 bits per heavy atom. The normalized spacial score (nSPS) is 9.17. The number of likely N-dealkylation sites (N-methyl/N-ethyl adjacent to an activating group) is 1. The minimum absolute atomic E-state index is 0.268. The summed E-state index contributed by atoms with van der Waals surface area (Å²) in [7, 11) is 1.44. The summed E-state index contributed by atoms with van der Waals surface area (Å²) in [5, 5.41) is 10.9. The highest BCUT2D eigenvalue weighted by Gasteiger charge is 2.09. The molecule has 0 unspecified atom stereocenters. The predicted octanol–water partition coefficient (Wildman–Crippen LogP) is 0.122. The van der Waals surface area contributed by atoms with Gasteiger partial charge in [-0.15, -0.1) is 0 Å². The fourth-order valence-electron chi connectivity index (χ4n) is 0.642. The summed E-state index contributed by atoms with van der Waals surface area (Å²) >= 11 is 0. The fraction of sp³-hybridized carbons (Fsp3) is 0.714. The smallest absolute Gasteiger partial charge is 0.323 e. The molecule has 0 aromatic rings. The Balaban J connectivity index is 3.69. The Morgan fingerprint density at radius 3 is 2.50 bits per heavy atom. The molecular weight excluding hydrogens is 160 g/mol. The summed E-state index contributed by atoms with van der Waals surface area (Å²) in [6.07, 6.45) is 0.840. The molecule has 0 spiro atoms. The summed E-state index contributed by atoms with van der Waals surface area (Å²) < 4.78 is 0. The topological polar surface area (TPSA) is 69.6 Å². The molecule has 12 heavy (non-hydrogen) atoms. The van der Waals surface area contributed by atoms with Crippen molar-refractivity contribution in [2.45, 2.75) is 13.3 Å². The first-order valence-electron chi connectivity index (χ1n) is 3.78. The van der Waals surface area contributed by atoms with E-state index in [0.717, 1.165) is 11.3 Å². The number of carbonyl (C=O) groups excluding carboxylic acids is 1. The number of carboxylic acid groups (broad SMARTS) is 1. The first-order chi connectivity index (χ1) is 5.57. The number of carboxylic acids is 1. The molecule has 0 heterocycles. The van der Waals surface area contributed by atoms with E-state index in [-0.39, 0.29) is 12.6 Å². The number of nitrogens with one attached hydrogen (secondary N) is 1. The van der Waals surface area contributed by atoms with E-state index in [1.54, 1.807) is 0 Å². The van der Waals surface area contributed by atoms with Gasteiger partial charge < -0.3 is 15.3 Å². The first-order valence-corrected chi connectivity index (χ1v) is 3.78. The van der Waals surface area contributed by atoms with Crippen LogP contribution in [0.5, 0.6) is 0 Å². The molecule has 5 heteroatoms. The Labute approximate surface area is 71.4 Å². The monoisotopic (exact) mass is 174 g/mol. The summed E-state index contributed by atoms with van der Waals surface area (Å²) in [6, 6.07) is -0.348. The Bertz CT molecular complexity index is 170. The van der Waals surface area contributed by atoms with Crippen LogP contribution in [0.4, 0.5) is 4.79 Å². The summed E-state index contributed by atoms with van der Waals surface area (Å²) in [5.41, 5.74) is 0. The second kappa shape index (κ2) is 5.40. The van der Waals surface area contributed by atoms with Gasteiger partial charge in [0, 0.05) is 13.6 Å². The van der Waals surface area contributed by atoms with Gasteiger partial charge >= 0.3 is 12.0 Å². The van der Waals surface area contributed by atoms with Gasteiger partial charge in [-0.25, -0.2) is 4.79 Å². The van der Waals surface area contributed by atoms with E-state index in [1.165, 1.54) is 7.05 Å². The second-order valence-electron chi connectivity index (χ2n) is 2.48. The molecule has 0 aliphatic rings. The SMILES string of the molecule is CCCNC(=O)N(C)CC(=O)O. The van der Waals surface area contributed by atoms with Gasteiger partial charge in [0.05, 0.1) is 0 Å². The van der Waals surface area contributed by atoms with Crippen LogP contribution in [-0.2, 0) is 4.79 Å². The third kappa shape index (κ3) is 4.54. The van der Waals surface area contributed by atoms with E-state index < -0.39 is 5.97 Å². The molecule has 0 saturated carbocycles. The third-order valence-corrected chi connectivity index (χ3v) is 1.25. The van der Waals surface area contributed by atoms with Gasteiger partial charge in [-0.05, 0) is 6.42 Å². The molecule has 0 atom stereocenters. The molecule has 0 saturated heterocycles. The highest BCUT2D eigenvalue weighted by molar-refractivity contribution is 5.79. The van der Waals surface area contributed by atoms with Crippen molar-refractivity contribution in [2.24, 2.45) is 0 Å². The van der Waals surface area contributed by atoms with Gasteiger partial charge in [0.15, 0.2) is 0 Å². The standard InChI is InChI=1S/C7H14N2O3/c1-3-4-8-7(12)9(2)5-6(10)11/h3-5H2,1-2H3,(H,8,12)(H,10,11). The first kappa shape index (κ1) is 10.7. The van der Waals surface area contributed by atoms with Gasteiger partial charge in [-0.3, -0.25) is 4.79 Å². The van der Waals surface area contributed by atoms with Gasteiger partial charge in [-0.1, -0.05) is 6.92 Å². The lowest BCUT2D eigenvalue weighted by Crippen LogP contribution is -2.40. The molecule has 0 rings (SSSR count). The lowest BCUT2D eigenvalue weighted by molar-refractivity contribution is -0.137. The van der Waals surface area contributed by atoms with E-state index in [1.807, 2.05) is 6.92 Å². The average molecular weight is 174 g/mol. The summed E-state index contributed by atoms with van der Waals surface area (Å²) in [4.78, 5) is 22.3. The van der Waals surface area contributed by atoms with Crippen molar-refractivity contribution in [3.8, 4) is 0 Å². The molecule has 0 bridgehead atoms. The highest BCUT2D eigenvalue weighted by Crippen LogP contribution is 1.83. The second-order valence-corrected chi connectivity index (χ2v) is 2.48. The maximum Gasteiger partial charge on any atom is 0.323 e. The number of rotatable bonds is 4. The molecule has 0 aromatic heterocycles. The Morgan fingerprint density at radius 1 is 1.50 bits per heavy atom. The van der Waals surface area contributed by atoms with Crippen LogP contribution in [0.1, 0.15) is 13.3 Å². The molecule has 0 aliphatic heterocycles. The largest absolute Gasteiger partial charge is 0.480 e. The minimum Gasteiger partial charge on any atom is -0.480 e. The third-order valence-electron chi connectivity index (χ3n) is 1.25. The predicted molar refractivity (Wildman–Crippen MR) is 44.0 cm³/mol. The van der Waals surface area contributed by atoms with Crippen molar-refractivity contribution < 1.29 is 14.7 Å². The molecule has 0 aliphatic carbocycles. The zero-order chi connectivity index (χ0) is 9.56. The van der Waals surface area contributed by atoms with Crippen LogP contribution < -0.4 is 5.32 Å². The van der Waals surface area contributed by atoms with Gasteiger partial charge in [0.25, 0.3) is 0 Å². The molecular formula is C7H14N2O3. The number of amides is 2. The van der Waals surface area contributed by atoms with Crippen molar-refractivity contribution in [1.29, 1.82) is 0 Å². The average Bonchev–Trinajstić information content (AvgIpc) is 1.98. The van der Waals surface area contributed by atoms with E-state index in [4.69, 9.17) is 5.11 Å². The van der Waals surface area contributed by atoms with Crippen molar-refractivity contribution >= 4 is 12.0 Å². The van der Waals surface area contributed by atoms with Crippen molar-refractivity contribution in [1.82, 2.24) is 10.2 Å². The zero-order valence-corrected chi connectivity index (χ0v) is 7.33. The van der Waals surface area contributed by atoms with Crippen molar-refractivity contribution in [2.75, 3.05) is 20.1 Å². The quantitative estimate of drug-likeness (QED) is 0.636. The Kier molecular flexibility index (Phi) is 4.83. The molecule has 5 nitrogen and oxygen atoms in total. The van der Waals surface area contributed by atoms with Crippen molar-refractivity contribution in [3.63, 3.8) is 0 Å². The van der Waals surface area contributed by atoms with E-state index in [2.05, 4.69) is 5.32 Å². The van der Waals surface area contributed by atoms with E-state index in [0.29, 0.717) is 6.54 Å². The lowest BCUT2D eigenvalue weighted by Gasteiger charge is -2.14. The molecule has 2 amide bonds. The van der Waals surface area contributed by atoms with Crippen LogP contribution in [0, 0.1) is 0 Å². The minimum atomic E-state index is -1.01. The van der Waals surface area contributed by atoms with Crippen LogP contribution in [0.3, 0.4) is 0 Å². The van der Waals surface area contributed by atoms with Crippen molar-refractivity contribution in [3.05, 3.63) is 0 Å². The number of urea groups is 1. The maximum atomic E-state index is 11.0. The molecule has 0 radical (unpaired) electrons. The summed E-state index contributed by atoms with van der Waals surface area (Å²) in [5.74, 6) is -1.01. The van der Waals surface area contributed by atoms with Crippen LogP contribution in [0.15, 0.2) is 0 Å². The maximum absolute atomic E-state index is 11.0. The molecule has 70 valence electrons. The van der Waals surface area contributed by atoms with Gasteiger partial charge in [0.1, 0.15) is 6.54 Å². The number of hydrogen-bond donors (Lipinski definition) is 2.